The predicted octanol–water partition coefficient (Wildman–Crippen LogP) is 6.31. The zero-order chi connectivity index (χ0) is 36.7. The summed E-state index contributed by atoms with van der Waals surface area (Å²) in [5, 5.41) is 9.44. The molecule has 1 N–H and O–H groups in total. The molecule has 50 heavy (non-hydrogen) atoms. The van der Waals surface area contributed by atoms with Crippen molar-refractivity contribution >= 4 is 15.7 Å². The molecule has 1 aliphatic heterocycles. The van der Waals surface area contributed by atoms with Crippen LogP contribution in [0.15, 0.2) is 96.2 Å². The van der Waals surface area contributed by atoms with Gasteiger partial charge in [0, 0.05) is 41.1 Å². The number of pyridine rings is 1. The molecule has 2 heterocycles. The number of sulfone groups is 1. The van der Waals surface area contributed by atoms with E-state index in [9.17, 15) is 57.9 Å². The van der Waals surface area contributed by atoms with Gasteiger partial charge in [0.2, 0.25) is 18.3 Å². The summed E-state index contributed by atoms with van der Waals surface area (Å²) in [5.41, 5.74) is -7.72. The Bertz CT molecular complexity index is 1940. The van der Waals surface area contributed by atoms with E-state index in [1.165, 1.54) is 24.5 Å². The van der Waals surface area contributed by atoms with Crippen LogP contribution in [0.1, 0.15) is 28.7 Å². The Hall–Kier alpha value is -4.64. The smallest absolute Gasteiger partial charge is 0.349 e. The van der Waals surface area contributed by atoms with Gasteiger partial charge in [-0.05, 0) is 53.9 Å². The number of hydrogen-bond donors (Lipinski definition) is 1. The molecule has 1 atom stereocenters. The molecule has 1 aliphatic rings. The van der Waals surface area contributed by atoms with Gasteiger partial charge in [-0.2, -0.15) is 26.3 Å². The van der Waals surface area contributed by atoms with Crippen molar-refractivity contribution in [2.24, 2.45) is 0 Å². The van der Waals surface area contributed by atoms with Crippen LogP contribution in [0.5, 0.6) is 0 Å². The molecule has 3 aromatic carbocycles. The van der Waals surface area contributed by atoms with E-state index in [-0.39, 0.29) is 24.9 Å². The summed E-state index contributed by atoms with van der Waals surface area (Å²) in [7, 11) is -4.63. The average Bonchev–Trinajstić information content (AvgIpc) is 3.51. The van der Waals surface area contributed by atoms with Gasteiger partial charge in [0.05, 0.1) is 17.9 Å². The van der Waals surface area contributed by atoms with Crippen molar-refractivity contribution < 1.29 is 67.4 Å². The third-order valence-electron chi connectivity index (χ3n) is 8.57. The molecule has 1 fully saturated rings. The van der Waals surface area contributed by atoms with Crippen LogP contribution in [0.2, 0.25) is 0 Å². The predicted molar refractivity (Wildman–Crippen MR) is 155 cm³/mol. The molecule has 266 valence electrons. The lowest BCUT2D eigenvalue weighted by Crippen LogP contribution is -2.56. The highest BCUT2D eigenvalue weighted by Crippen LogP contribution is 2.54. The molecule has 0 radical (unpaired) electrons. The molecule has 17 heteroatoms. The largest absolute Gasteiger partial charge is 0.430 e. The number of halogens is 9. The second-order valence-corrected chi connectivity index (χ2v) is 13.8. The minimum atomic E-state index is -6.24. The van der Waals surface area contributed by atoms with Crippen LogP contribution in [-0.4, -0.2) is 49.9 Å². The van der Waals surface area contributed by atoms with Crippen LogP contribution in [0, 0.1) is 17.5 Å². The Morgan fingerprint density at radius 2 is 1.40 bits per heavy atom. The fourth-order valence-corrected chi connectivity index (χ4v) is 7.97. The standard InChI is InChI=1S/C33H26F9N2O5S/c34-24-8-10-25(11-9-24)50(47,48)30(14-17-43(20-30)29(45)18-21-12-15-44(46)16-13-21)22-4-6-23(7-5-22)31(32(37,38)39,33(40,41)42)49-19-26-27(35)2-1-3-28(26)36/h1-13,15-16,46H,14,17-20H2/q+1. The Morgan fingerprint density at radius 3 is 1.94 bits per heavy atom. The Labute approximate surface area is 279 Å². The first-order valence-corrected chi connectivity index (χ1v) is 16.1. The normalized spacial score (nSPS) is 17.3. The second-order valence-electron chi connectivity index (χ2n) is 11.5. The SMILES string of the molecule is O=C(Cc1cc[n+](O)cc1)N1CCC(c2ccc(C(OCc3c(F)cccc3F)(C(F)(F)F)C(F)(F)F)cc2)(S(=O)(=O)c2ccc(F)cc2)C1. The van der Waals surface area contributed by atoms with Crippen LogP contribution in [0.25, 0.3) is 0 Å². The first kappa shape index (κ1) is 36.6. The lowest BCUT2D eigenvalue weighted by atomic mass is 9.88. The number of amides is 1. The van der Waals surface area contributed by atoms with Gasteiger partial charge >= 0.3 is 12.4 Å². The van der Waals surface area contributed by atoms with Gasteiger partial charge in [-0.15, -0.1) is 0 Å². The minimum Gasteiger partial charge on any atom is -0.349 e. The van der Waals surface area contributed by atoms with E-state index in [1.807, 2.05) is 0 Å². The number of carbonyl (C=O) groups is 1. The maximum absolute atomic E-state index is 14.5. The van der Waals surface area contributed by atoms with E-state index in [4.69, 9.17) is 0 Å². The maximum atomic E-state index is 14.5. The van der Waals surface area contributed by atoms with Crippen LogP contribution in [-0.2, 0) is 42.7 Å². The van der Waals surface area contributed by atoms with Gasteiger partial charge in [-0.3, -0.25) is 10.0 Å². The van der Waals surface area contributed by atoms with Crippen LogP contribution < -0.4 is 4.73 Å². The molecule has 0 spiro atoms. The number of nitrogens with zero attached hydrogens (tertiary/aromatic N) is 2. The molecular weight excluding hydrogens is 707 g/mol. The number of benzene rings is 3. The average molecular weight is 734 g/mol. The summed E-state index contributed by atoms with van der Waals surface area (Å²) < 4.78 is 161. The zero-order valence-corrected chi connectivity index (χ0v) is 26.3. The van der Waals surface area contributed by atoms with Gasteiger partial charge in [0.1, 0.15) is 22.2 Å². The number of carbonyl (C=O) groups excluding carboxylic acids is 1. The summed E-state index contributed by atoms with van der Waals surface area (Å²) in [5.74, 6) is -4.26. The van der Waals surface area contributed by atoms with E-state index < -0.39 is 85.1 Å². The number of hydrogen-bond acceptors (Lipinski definition) is 5. The number of aromatic nitrogens is 1. The van der Waals surface area contributed by atoms with Crippen molar-refractivity contribution in [3.63, 3.8) is 0 Å². The van der Waals surface area contributed by atoms with Crippen molar-refractivity contribution in [1.82, 2.24) is 4.90 Å². The third kappa shape index (κ3) is 6.51. The summed E-state index contributed by atoms with van der Waals surface area (Å²) in [6.07, 6.45) is -10.6. The lowest BCUT2D eigenvalue weighted by Gasteiger charge is -2.38. The van der Waals surface area contributed by atoms with E-state index >= 15 is 0 Å². The van der Waals surface area contributed by atoms with Crippen molar-refractivity contribution in [2.45, 2.75) is 47.0 Å². The van der Waals surface area contributed by atoms with Gasteiger partial charge in [0.15, 0.2) is 9.84 Å². The zero-order valence-electron chi connectivity index (χ0n) is 25.5. The van der Waals surface area contributed by atoms with Gasteiger partial charge in [-0.25, -0.2) is 21.6 Å². The highest BCUT2D eigenvalue weighted by molar-refractivity contribution is 7.92. The number of rotatable bonds is 9. The quantitative estimate of drug-likeness (QED) is 0.0944. The minimum absolute atomic E-state index is 0.194. The van der Waals surface area contributed by atoms with Gasteiger partial charge < -0.3 is 9.64 Å². The first-order chi connectivity index (χ1) is 23.3. The Kier molecular flexibility index (Phi) is 9.70. The molecule has 0 bridgehead atoms. The molecule has 0 saturated carbocycles. The molecule has 1 saturated heterocycles. The maximum Gasteiger partial charge on any atom is 0.430 e. The van der Waals surface area contributed by atoms with Crippen molar-refractivity contribution in [1.29, 1.82) is 0 Å². The molecule has 1 aromatic heterocycles. The lowest BCUT2D eigenvalue weighted by molar-refractivity contribution is -0.904. The van der Waals surface area contributed by atoms with E-state index in [2.05, 4.69) is 4.74 Å². The number of alkyl halides is 6. The second kappa shape index (κ2) is 13.2. The van der Waals surface area contributed by atoms with Crippen LogP contribution in [0.4, 0.5) is 39.5 Å². The summed E-state index contributed by atoms with van der Waals surface area (Å²) in [6, 6.07) is 10.7. The Balaban J connectivity index is 1.58. The number of likely N-dealkylation sites (tertiary alicyclic amines) is 1. The van der Waals surface area contributed by atoms with Crippen molar-refractivity contribution in [3.05, 3.63) is 131 Å². The Morgan fingerprint density at radius 1 is 0.840 bits per heavy atom. The molecule has 5 rings (SSSR count). The van der Waals surface area contributed by atoms with E-state index in [0.717, 1.165) is 52.1 Å². The molecule has 1 amide bonds. The fraction of sp³-hybridized carbons (Fsp3) is 0.273. The van der Waals surface area contributed by atoms with E-state index in [0.29, 0.717) is 29.8 Å². The summed E-state index contributed by atoms with van der Waals surface area (Å²) in [6.45, 7) is -2.55. The van der Waals surface area contributed by atoms with E-state index in [1.54, 1.807) is 0 Å². The van der Waals surface area contributed by atoms with Gasteiger partial charge in [-0.1, -0.05) is 30.3 Å². The highest BCUT2D eigenvalue weighted by Gasteiger charge is 2.73. The molecule has 4 aromatic rings. The topological polar surface area (TPSA) is 87.8 Å². The molecule has 1 unspecified atom stereocenters. The summed E-state index contributed by atoms with van der Waals surface area (Å²) in [4.78, 5) is 14.0. The van der Waals surface area contributed by atoms with Gasteiger partial charge in [0.25, 0.3) is 5.60 Å². The van der Waals surface area contributed by atoms with Crippen LogP contribution in [0.3, 0.4) is 0 Å². The van der Waals surface area contributed by atoms with Crippen LogP contribution >= 0.6 is 0 Å². The van der Waals surface area contributed by atoms with Crippen molar-refractivity contribution in [3.8, 4) is 0 Å². The molecule has 7 nitrogen and oxygen atoms in total. The summed E-state index contributed by atoms with van der Waals surface area (Å²) >= 11 is 0. The first-order valence-electron chi connectivity index (χ1n) is 14.6. The number of ether oxygens (including phenoxy) is 1. The fourth-order valence-electron chi connectivity index (χ4n) is 5.89. The molecular formula is C33H26F9N2O5S+. The third-order valence-corrected chi connectivity index (χ3v) is 11.1. The molecule has 0 aliphatic carbocycles. The highest BCUT2D eigenvalue weighted by atomic mass is 32.2. The van der Waals surface area contributed by atoms with Crippen molar-refractivity contribution in [2.75, 3.05) is 13.1 Å². The monoisotopic (exact) mass is 733 g/mol.